The molecule has 2 saturated heterocycles. The van der Waals surface area contributed by atoms with Gasteiger partial charge in [-0.3, -0.25) is 4.79 Å². The van der Waals surface area contributed by atoms with E-state index < -0.39 is 0 Å². The second-order valence-corrected chi connectivity index (χ2v) is 9.22. The van der Waals surface area contributed by atoms with Crippen LogP contribution < -0.4 is 4.74 Å². The Labute approximate surface area is 192 Å². The molecule has 170 valence electrons. The Hall–Kier alpha value is -3.35. The first kappa shape index (κ1) is 21.5. The predicted molar refractivity (Wildman–Crippen MR) is 122 cm³/mol. The van der Waals surface area contributed by atoms with Crippen molar-refractivity contribution < 1.29 is 13.9 Å². The van der Waals surface area contributed by atoms with Gasteiger partial charge in [0.15, 0.2) is 5.82 Å². The van der Waals surface area contributed by atoms with Gasteiger partial charge in [0.05, 0.1) is 11.6 Å². The average Bonchev–Trinajstić information content (AvgIpc) is 2.78. The maximum Gasteiger partial charge on any atom is 0.273 e. The minimum Gasteiger partial charge on any atom is -0.491 e. The number of pyridine rings is 1. The molecule has 2 aliphatic heterocycles. The van der Waals surface area contributed by atoms with Crippen molar-refractivity contribution in [2.45, 2.75) is 45.7 Å². The summed E-state index contributed by atoms with van der Waals surface area (Å²) in [5, 5.41) is 0. The molecule has 3 aromatic rings. The van der Waals surface area contributed by atoms with Gasteiger partial charge < -0.3 is 9.64 Å². The van der Waals surface area contributed by atoms with Crippen molar-refractivity contribution in [1.29, 1.82) is 0 Å². The molecule has 7 heteroatoms. The van der Waals surface area contributed by atoms with E-state index >= 15 is 0 Å². The number of rotatable bonds is 5. The van der Waals surface area contributed by atoms with E-state index in [9.17, 15) is 9.18 Å². The van der Waals surface area contributed by atoms with Crippen molar-refractivity contribution in [2.75, 3.05) is 6.61 Å². The zero-order valence-corrected chi connectivity index (χ0v) is 19.0. The highest BCUT2D eigenvalue weighted by atomic mass is 19.1. The molecule has 1 amide bonds. The van der Waals surface area contributed by atoms with Gasteiger partial charge in [-0.2, -0.15) is 0 Å². The van der Waals surface area contributed by atoms with Gasteiger partial charge >= 0.3 is 0 Å². The lowest BCUT2D eigenvalue weighted by molar-refractivity contribution is -0.0672. The number of ether oxygens (including phenoxy) is 1. The summed E-state index contributed by atoms with van der Waals surface area (Å²) >= 11 is 0. The zero-order valence-electron chi connectivity index (χ0n) is 19.0. The summed E-state index contributed by atoms with van der Waals surface area (Å²) in [7, 11) is 0. The molecule has 0 spiro atoms. The third-order valence-corrected chi connectivity index (χ3v) is 6.98. The maximum absolute atomic E-state index is 14.0. The number of benzene rings is 1. The van der Waals surface area contributed by atoms with Crippen LogP contribution in [0.3, 0.4) is 0 Å². The third kappa shape index (κ3) is 4.08. The Kier molecular flexibility index (Phi) is 5.56. The lowest BCUT2D eigenvalue weighted by Gasteiger charge is -2.57. The molecule has 1 unspecified atom stereocenters. The van der Waals surface area contributed by atoms with Crippen molar-refractivity contribution in [1.82, 2.24) is 19.9 Å². The van der Waals surface area contributed by atoms with Gasteiger partial charge in [0.2, 0.25) is 0 Å². The Morgan fingerprint density at radius 2 is 1.79 bits per heavy atom. The van der Waals surface area contributed by atoms with E-state index in [1.165, 1.54) is 12.1 Å². The van der Waals surface area contributed by atoms with E-state index in [4.69, 9.17) is 4.74 Å². The summed E-state index contributed by atoms with van der Waals surface area (Å²) in [4.78, 5) is 29.4. The second kappa shape index (κ2) is 8.54. The Morgan fingerprint density at radius 1 is 1.09 bits per heavy atom. The topological polar surface area (TPSA) is 68.2 Å². The minimum absolute atomic E-state index is 0.0887. The van der Waals surface area contributed by atoms with Crippen LogP contribution in [0.4, 0.5) is 4.39 Å². The smallest absolute Gasteiger partial charge is 0.273 e. The number of halogens is 1. The van der Waals surface area contributed by atoms with Crippen LogP contribution in [0.5, 0.6) is 5.75 Å². The average molecular weight is 447 g/mol. The van der Waals surface area contributed by atoms with Crippen LogP contribution in [0, 0.1) is 31.5 Å². The largest absolute Gasteiger partial charge is 0.491 e. The molecule has 1 aromatic carbocycles. The molecule has 1 saturated carbocycles. The zero-order chi connectivity index (χ0) is 23.1. The standard InChI is InChI=1S/C26H27FN4O2/c1-15-12-28-25(29-13-15)22-9-4-16(2)30-24(22)26(32)31-20-10-18(11-20)17(3)23(31)14-33-21-7-5-19(27)6-8-21/h4-9,12-13,17-18,20,23H,10-11,14H2,1-3H3/t17-,18?,20?,23?/m1/s1. The van der Waals surface area contributed by atoms with Crippen molar-refractivity contribution in [3.05, 3.63) is 71.6 Å². The van der Waals surface area contributed by atoms with Crippen molar-refractivity contribution in [3.8, 4) is 17.1 Å². The van der Waals surface area contributed by atoms with Gasteiger partial charge in [0, 0.05) is 24.1 Å². The van der Waals surface area contributed by atoms with Crippen LogP contribution in [-0.2, 0) is 0 Å². The fraction of sp³-hybridized carbons (Fsp3) is 0.385. The van der Waals surface area contributed by atoms with E-state index in [-0.39, 0.29) is 23.8 Å². The molecule has 2 aromatic heterocycles. The first-order valence-electron chi connectivity index (χ1n) is 11.4. The molecule has 4 heterocycles. The van der Waals surface area contributed by atoms with Gasteiger partial charge in [-0.1, -0.05) is 6.92 Å². The fourth-order valence-electron chi connectivity index (χ4n) is 4.94. The number of hydrogen-bond acceptors (Lipinski definition) is 5. The second-order valence-electron chi connectivity index (χ2n) is 9.22. The molecule has 6 nitrogen and oxygen atoms in total. The summed E-state index contributed by atoms with van der Waals surface area (Å²) in [5.41, 5.74) is 2.74. The number of carbonyl (C=O) groups excluding carboxylic acids is 1. The molecule has 2 atom stereocenters. The van der Waals surface area contributed by atoms with Gasteiger partial charge in [-0.25, -0.2) is 19.3 Å². The summed E-state index contributed by atoms with van der Waals surface area (Å²) in [6.45, 7) is 6.35. The van der Waals surface area contributed by atoms with E-state index in [2.05, 4.69) is 21.9 Å². The fourth-order valence-corrected chi connectivity index (χ4v) is 4.94. The molecule has 2 bridgehead atoms. The van der Waals surface area contributed by atoms with E-state index in [1.54, 1.807) is 24.5 Å². The SMILES string of the molecule is Cc1cnc(-c2ccc(C)nc2C(=O)N2C3CC(C3)[C@@H](C)C2COc2ccc(F)cc2)nc1. The number of piperidine rings is 2. The first-order chi connectivity index (χ1) is 15.9. The lowest BCUT2D eigenvalue weighted by Crippen LogP contribution is -2.64. The molecule has 3 fully saturated rings. The molecular formula is C26H27FN4O2. The highest BCUT2D eigenvalue weighted by Crippen LogP contribution is 2.47. The van der Waals surface area contributed by atoms with Gasteiger partial charge in [-0.15, -0.1) is 0 Å². The number of aromatic nitrogens is 3. The summed E-state index contributed by atoms with van der Waals surface area (Å²) in [6, 6.07) is 9.83. The van der Waals surface area contributed by atoms with Crippen LogP contribution >= 0.6 is 0 Å². The normalized spacial score (nSPS) is 23.7. The number of hydrogen-bond donors (Lipinski definition) is 0. The van der Waals surface area contributed by atoms with Crippen LogP contribution in [0.2, 0.25) is 0 Å². The first-order valence-corrected chi connectivity index (χ1v) is 11.4. The summed E-state index contributed by atoms with van der Waals surface area (Å²) in [6.07, 6.45) is 5.49. The Bertz CT molecular complexity index is 1160. The molecule has 6 rings (SSSR count). The molecule has 0 N–H and O–H groups in total. The van der Waals surface area contributed by atoms with Crippen LogP contribution in [0.15, 0.2) is 48.8 Å². The number of carbonyl (C=O) groups is 1. The lowest BCUT2D eigenvalue weighted by atomic mass is 9.64. The van der Waals surface area contributed by atoms with Gasteiger partial charge in [0.25, 0.3) is 5.91 Å². The highest BCUT2D eigenvalue weighted by molar-refractivity contribution is 5.98. The van der Waals surface area contributed by atoms with Crippen LogP contribution in [0.1, 0.15) is 41.5 Å². The van der Waals surface area contributed by atoms with E-state index in [1.807, 2.05) is 30.9 Å². The Balaban J connectivity index is 1.46. The molecule has 33 heavy (non-hydrogen) atoms. The molecule has 1 aliphatic carbocycles. The molecule has 3 aliphatic rings. The van der Waals surface area contributed by atoms with E-state index in [0.29, 0.717) is 41.3 Å². The maximum atomic E-state index is 14.0. The van der Waals surface area contributed by atoms with Crippen LogP contribution in [-0.4, -0.2) is 44.4 Å². The molecular weight excluding hydrogens is 419 g/mol. The van der Waals surface area contributed by atoms with Gasteiger partial charge in [0.1, 0.15) is 23.9 Å². The predicted octanol–water partition coefficient (Wildman–Crippen LogP) is 4.61. The van der Waals surface area contributed by atoms with Crippen molar-refractivity contribution >= 4 is 5.91 Å². The van der Waals surface area contributed by atoms with Crippen LogP contribution in [0.25, 0.3) is 11.4 Å². The third-order valence-electron chi connectivity index (χ3n) is 6.98. The van der Waals surface area contributed by atoms with Crippen molar-refractivity contribution in [2.24, 2.45) is 11.8 Å². The number of aryl methyl sites for hydroxylation is 2. The van der Waals surface area contributed by atoms with Crippen molar-refractivity contribution in [3.63, 3.8) is 0 Å². The summed E-state index contributed by atoms with van der Waals surface area (Å²) in [5.74, 6) is 1.56. The highest BCUT2D eigenvalue weighted by Gasteiger charge is 2.51. The number of nitrogens with zero attached hydrogens (tertiary/aromatic N) is 4. The minimum atomic E-state index is -0.303. The number of fused-ring (bicyclic) bond motifs is 2. The Morgan fingerprint density at radius 3 is 2.48 bits per heavy atom. The van der Waals surface area contributed by atoms with E-state index in [0.717, 1.165) is 24.1 Å². The molecule has 0 radical (unpaired) electrons. The monoisotopic (exact) mass is 446 g/mol. The summed E-state index contributed by atoms with van der Waals surface area (Å²) < 4.78 is 19.3. The number of amides is 1. The quantitative estimate of drug-likeness (QED) is 0.572. The van der Waals surface area contributed by atoms with Gasteiger partial charge in [-0.05, 0) is 80.5 Å².